The summed E-state index contributed by atoms with van der Waals surface area (Å²) in [5, 5.41) is 11.9. The lowest BCUT2D eigenvalue weighted by Gasteiger charge is -2.13. The number of carboxylic acid groups (broad SMARTS) is 1. The molecule has 102 valence electrons. The van der Waals surface area contributed by atoms with Crippen molar-refractivity contribution in [3.63, 3.8) is 0 Å². The Kier molecular flexibility index (Phi) is 4.07. The fourth-order valence-corrected chi connectivity index (χ4v) is 2.23. The number of anilines is 1. The molecule has 2 rings (SSSR count). The highest BCUT2D eigenvalue weighted by Gasteiger charge is 2.34. The lowest BCUT2D eigenvalue weighted by molar-refractivity contribution is -0.150. The van der Waals surface area contributed by atoms with Crippen LogP contribution in [0.25, 0.3) is 0 Å². The Morgan fingerprint density at radius 1 is 1.37 bits per heavy atom. The van der Waals surface area contributed by atoms with Gasteiger partial charge >= 0.3 is 5.97 Å². The van der Waals surface area contributed by atoms with Gasteiger partial charge in [0.2, 0.25) is 0 Å². The fourth-order valence-electron chi connectivity index (χ4n) is 1.95. The number of hydrogen-bond acceptors (Lipinski definition) is 3. The third kappa shape index (κ3) is 3.24. The highest BCUT2D eigenvalue weighted by atomic mass is 35.5. The molecule has 2 N–H and O–H groups in total. The number of halogens is 1. The van der Waals surface area contributed by atoms with Crippen molar-refractivity contribution in [1.29, 1.82) is 0 Å². The predicted molar refractivity (Wildman–Crippen MR) is 70.3 cm³/mol. The van der Waals surface area contributed by atoms with E-state index in [9.17, 15) is 9.59 Å². The standard InChI is InChI=1S/C13H14ClNO4/c1-7-2-3-9(8(14)6-7)15-12(16)10-4-5-11(19-10)13(17)18/h2-3,6,10-11H,4-5H2,1H3,(H,15,16)(H,17,18). The molecule has 0 saturated carbocycles. The Morgan fingerprint density at radius 2 is 2.05 bits per heavy atom. The van der Waals surface area contributed by atoms with Crippen LogP contribution >= 0.6 is 11.6 Å². The van der Waals surface area contributed by atoms with Crippen molar-refractivity contribution in [2.45, 2.75) is 32.0 Å². The van der Waals surface area contributed by atoms with E-state index in [1.807, 2.05) is 13.0 Å². The quantitative estimate of drug-likeness (QED) is 0.892. The molecule has 0 radical (unpaired) electrons. The zero-order valence-corrected chi connectivity index (χ0v) is 11.1. The molecule has 19 heavy (non-hydrogen) atoms. The zero-order valence-electron chi connectivity index (χ0n) is 10.4. The van der Waals surface area contributed by atoms with Crippen molar-refractivity contribution in [2.75, 3.05) is 5.32 Å². The molecule has 1 aliphatic rings. The number of aliphatic carboxylic acids is 1. The summed E-state index contributed by atoms with van der Waals surface area (Å²) in [7, 11) is 0. The lowest BCUT2D eigenvalue weighted by Crippen LogP contribution is -2.30. The first-order valence-corrected chi connectivity index (χ1v) is 6.30. The monoisotopic (exact) mass is 283 g/mol. The normalized spacial score (nSPS) is 22.2. The number of carbonyl (C=O) groups excluding carboxylic acids is 1. The van der Waals surface area contributed by atoms with Crippen LogP contribution in [0.2, 0.25) is 5.02 Å². The maximum atomic E-state index is 11.9. The number of nitrogens with one attached hydrogen (secondary N) is 1. The van der Waals surface area contributed by atoms with Crippen molar-refractivity contribution in [1.82, 2.24) is 0 Å². The number of carbonyl (C=O) groups is 2. The molecule has 2 atom stereocenters. The van der Waals surface area contributed by atoms with Crippen LogP contribution in [0.1, 0.15) is 18.4 Å². The van der Waals surface area contributed by atoms with Gasteiger partial charge in [0.15, 0.2) is 6.10 Å². The Labute approximate surface area is 115 Å². The third-order valence-electron chi connectivity index (χ3n) is 2.97. The Balaban J connectivity index is 2.00. The van der Waals surface area contributed by atoms with Gasteiger partial charge in [0.1, 0.15) is 6.10 Å². The Morgan fingerprint density at radius 3 is 2.63 bits per heavy atom. The zero-order chi connectivity index (χ0) is 14.0. The van der Waals surface area contributed by atoms with Crippen molar-refractivity contribution >= 4 is 29.2 Å². The Hall–Kier alpha value is -1.59. The molecule has 2 unspecified atom stereocenters. The van der Waals surface area contributed by atoms with Gasteiger partial charge in [-0.3, -0.25) is 4.79 Å². The van der Waals surface area contributed by atoms with Gasteiger partial charge in [0, 0.05) is 0 Å². The maximum Gasteiger partial charge on any atom is 0.332 e. The van der Waals surface area contributed by atoms with Gasteiger partial charge in [-0.15, -0.1) is 0 Å². The first-order chi connectivity index (χ1) is 8.97. The smallest absolute Gasteiger partial charge is 0.332 e. The van der Waals surface area contributed by atoms with Crippen molar-refractivity contribution in [3.8, 4) is 0 Å². The van der Waals surface area contributed by atoms with Gasteiger partial charge in [-0.25, -0.2) is 4.79 Å². The molecule has 1 amide bonds. The number of rotatable bonds is 3. The van der Waals surface area contributed by atoms with E-state index in [1.54, 1.807) is 12.1 Å². The molecule has 1 aromatic carbocycles. The molecule has 1 heterocycles. The molecule has 0 bridgehead atoms. The minimum atomic E-state index is -1.04. The molecule has 0 spiro atoms. The summed E-state index contributed by atoms with van der Waals surface area (Å²) >= 11 is 6.01. The van der Waals surface area contributed by atoms with Crippen LogP contribution < -0.4 is 5.32 Å². The van der Waals surface area contributed by atoms with E-state index in [2.05, 4.69) is 5.32 Å². The highest BCUT2D eigenvalue weighted by molar-refractivity contribution is 6.33. The summed E-state index contributed by atoms with van der Waals surface area (Å²) in [6.07, 6.45) is -0.899. The summed E-state index contributed by atoms with van der Waals surface area (Å²) in [5.74, 6) is -1.40. The first-order valence-electron chi connectivity index (χ1n) is 5.92. The molecule has 1 aliphatic heterocycles. The summed E-state index contributed by atoms with van der Waals surface area (Å²) in [4.78, 5) is 22.7. The topological polar surface area (TPSA) is 75.6 Å². The molecule has 0 aliphatic carbocycles. The number of aryl methyl sites for hydroxylation is 1. The van der Waals surface area contributed by atoms with E-state index in [0.29, 0.717) is 23.6 Å². The number of carboxylic acids is 1. The first kappa shape index (κ1) is 13.8. The maximum absolute atomic E-state index is 11.9. The van der Waals surface area contributed by atoms with E-state index in [4.69, 9.17) is 21.4 Å². The number of benzene rings is 1. The summed E-state index contributed by atoms with van der Waals surface area (Å²) in [5.41, 5.74) is 1.49. The molecule has 1 saturated heterocycles. The second-order valence-electron chi connectivity index (χ2n) is 4.50. The van der Waals surface area contributed by atoms with E-state index in [-0.39, 0.29) is 5.91 Å². The Bertz CT molecular complexity index is 517. The lowest BCUT2D eigenvalue weighted by atomic mass is 10.2. The van der Waals surface area contributed by atoms with Gasteiger partial charge in [-0.1, -0.05) is 17.7 Å². The van der Waals surface area contributed by atoms with Crippen LogP contribution in [-0.4, -0.2) is 29.2 Å². The van der Waals surface area contributed by atoms with Gasteiger partial charge < -0.3 is 15.2 Å². The molecule has 6 heteroatoms. The minimum Gasteiger partial charge on any atom is -0.479 e. The molecule has 0 aromatic heterocycles. The van der Waals surface area contributed by atoms with E-state index >= 15 is 0 Å². The summed E-state index contributed by atoms with van der Waals surface area (Å²) < 4.78 is 5.17. The highest BCUT2D eigenvalue weighted by Crippen LogP contribution is 2.25. The molecule has 1 aromatic rings. The van der Waals surface area contributed by atoms with Crippen molar-refractivity contribution < 1.29 is 19.4 Å². The number of hydrogen-bond donors (Lipinski definition) is 2. The van der Waals surface area contributed by atoms with Crippen LogP contribution in [0.5, 0.6) is 0 Å². The average molecular weight is 284 g/mol. The summed E-state index contributed by atoms with van der Waals surface area (Å²) in [6.45, 7) is 1.90. The van der Waals surface area contributed by atoms with Crippen molar-refractivity contribution in [3.05, 3.63) is 28.8 Å². The van der Waals surface area contributed by atoms with Crippen molar-refractivity contribution in [2.24, 2.45) is 0 Å². The minimum absolute atomic E-state index is 0.342. The van der Waals surface area contributed by atoms with Crippen LogP contribution in [0, 0.1) is 6.92 Å². The van der Waals surface area contributed by atoms with Crippen LogP contribution in [0.4, 0.5) is 5.69 Å². The average Bonchev–Trinajstić information content (AvgIpc) is 2.82. The SMILES string of the molecule is Cc1ccc(NC(=O)C2CCC(C(=O)O)O2)c(Cl)c1. The largest absolute Gasteiger partial charge is 0.479 e. The van der Waals surface area contributed by atoms with Gasteiger partial charge in [0.05, 0.1) is 10.7 Å². The van der Waals surface area contributed by atoms with E-state index in [0.717, 1.165) is 5.56 Å². The van der Waals surface area contributed by atoms with Gasteiger partial charge in [-0.2, -0.15) is 0 Å². The number of amides is 1. The predicted octanol–water partition coefficient (Wildman–Crippen LogP) is 2.22. The fraction of sp³-hybridized carbons (Fsp3) is 0.385. The second-order valence-corrected chi connectivity index (χ2v) is 4.91. The van der Waals surface area contributed by atoms with E-state index in [1.165, 1.54) is 0 Å². The summed E-state index contributed by atoms with van der Waals surface area (Å²) in [6, 6.07) is 5.28. The molecular formula is C13H14ClNO4. The van der Waals surface area contributed by atoms with E-state index < -0.39 is 18.2 Å². The van der Waals surface area contributed by atoms with Crippen LogP contribution in [0.15, 0.2) is 18.2 Å². The molecular weight excluding hydrogens is 270 g/mol. The van der Waals surface area contributed by atoms with Crippen LogP contribution in [-0.2, 0) is 14.3 Å². The molecule has 1 fully saturated rings. The second kappa shape index (κ2) is 5.59. The van der Waals surface area contributed by atoms with Crippen LogP contribution in [0.3, 0.4) is 0 Å². The van der Waals surface area contributed by atoms with Gasteiger partial charge in [-0.05, 0) is 37.5 Å². The molecule has 5 nitrogen and oxygen atoms in total. The van der Waals surface area contributed by atoms with Gasteiger partial charge in [0.25, 0.3) is 5.91 Å². The number of ether oxygens (including phenoxy) is 1. The third-order valence-corrected chi connectivity index (χ3v) is 3.28.